The highest BCUT2D eigenvalue weighted by Gasteiger charge is 2.05. The molecule has 2 rings (SSSR count). The van der Waals surface area contributed by atoms with Gasteiger partial charge in [0.25, 0.3) is 0 Å². The number of nitrogens with two attached hydrogens (primary N) is 1. The van der Waals surface area contributed by atoms with Gasteiger partial charge in [0.05, 0.1) is 24.7 Å². The van der Waals surface area contributed by atoms with Gasteiger partial charge >= 0.3 is 0 Å². The van der Waals surface area contributed by atoms with Gasteiger partial charge in [-0.25, -0.2) is 4.68 Å². The van der Waals surface area contributed by atoms with Crippen LogP contribution in [0, 0.1) is 6.92 Å². The van der Waals surface area contributed by atoms with Gasteiger partial charge in [-0.1, -0.05) is 5.21 Å². The fraction of sp³-hybridized carbons (Fsp3) is 0.273. The zero-order valence-electron chi connectivity index (χ0n) is 9.34. The van der Waals surface area contributed by atoms with Crippen LogP contribution >= 0.6 is 0 Å². The number of methoxy groups -OCH3 is 1. The minimum atomic E-state index is 0.398. The van der Waals surface area contributed by atoms with Crippen molar-refractivity contribution < 1.29 is 4.74 Å². The topological polar surface area (TPSA) is 66.0 Å². The summed E-state index contributed by atoms with van der Waals surface area (Å²) in [5, 5.41) is 7.97. The van der Waals surface area contributed by atoms with E-state index >= 15 is 0 Å². The van der Waals surface area contributed by atoms with Crippen LogP contribution in [0.4, 0.5) is 0 Å². The van der Waals surface area contributed by atoms with Crippen LogP contribution in [-0.2, 0) is 6.54 Å². The summed E-state index contributed by atoms with van der Waals surface area (Å²) in [6.07, 6.45) is 1.83. The number of aromatic nitrogens is 3. The molecule has 0 saturated heterocycles. The van der Waals surface area contributed by atoms with E-state index in [2.05, 4.69) is 10.3 Å². The van der Waals surface area contributed by atoms with Crippen LogP contribution in [0.25, 0.3) is 5.69 Å². The molecule has 0 aliphatic heterocycles. The number of rotatable bonds is 3. The number of hydrogen-bond acceptors (Lipinski definition) is 4. The second-order valence-corrected chi connectivity index (χ2v) is 3.51. The molecule has 5 heteroatoms. The summed E-state index contributed by atoms with van der Waals surface area (Å²) in [4.78, 5) is 0. The molecule has 0 atom stereocenters. The molecule has 0 saturated carbocycles. The predicted octanol–water partition coefficient (Wildman–Crippen LogP) is 1.04. The summed E-state index contributed by atoms with van der Waals surface area (Å²) >= 11 is 0. The molecule has 1 aromatic carbocycles. The summed E-state index contributed by atoms with van der Waals surface area (Å²) in [5.74, 6) is 0.834. The van der Waals surface area contributed by atoms with Gasteiger partial charge in [-0.05, 0) is 30.7 Å². The van der Waals surface area contributed by atoms with Gasteiger partial charge in [-0.2, -0.15) is 0 Å². The molecule has 16 heavy (non-hydrogen) atoms. The molecule has 0 amide bonds. The standard InChI is InChI=1S/C11H14N4O/c1-8-5-10(16-2)3-4-11(8)15-7-9(6-12)13-14-15/h3-5,7H,6,12H2,1-2H3. The van der Waals surface area contributed by atoms with Gasteiger partial charge in [-0.3, -0.25) is 0 Å². The quantitative estimate of drug-likeness (QED) is 0.836. The molecule has 1 heterocycles. The lowest BCUT2D eigenvalue weighted by Crippen LogP contribution is -1.98. The van der Waals surface area contributed by atoms with Gasteiger partial charge in [-0.15, -0.1) is 5.10 Å². The zero-order chi connectivity index (χ0) is 11.5. The Morgan fingerprint density at radius 2 is 2.25 bits per heavy atom. The van der Waals surface area contributed by atoms with Crippen LogP contribution in [-0.4, -0.2) is 22.1 Å². The number of aryl methyl sites for hydroxylation is 1. The second-order valence-electron chi connectivity index (χ2n) is 3.51. The van der Waals surface area contributed by atoms with Crippen LogP contribution in [0.15, 0.2) is 24.4 Å². The van der Waals surface area contributed by atoms with Crippen LogP contribution in [0.2, 0.25) is 0 Å². The highest BCUT2D eigenvalue weighted by molar-refractivity contribution is 5.44. The number of hydrogen-bond donors (Lipinski definition) is 1. The molecule has 0 bridgehead atoms. The maximum absolute atomic E-state index is 5.49. The first-order chi connectivity index (χ1) is 7.74. The Balaban J connectivity index is 2.40. The highest BCUT2D eigenvalue weighted by atomic mass is 16.5. The lowest BCUT2D eigenvalue weighted by Gasteiger charge is -2.06. The zero-order valence-corrected chi connectivity index (χ0v) is 9.34. The summed E-state index contributed by atoms with van der Waals surface area (Å²) in [5.41, 5.74) is 8.32. The molecular weight excluding hydrogens is 204 g/mol. The average molecular weight is 218 g/mol. The summed E-state index contributed by atoms with van der Waals surface area (Å²) in [6.45, 7) is 2.40. The summed E-state index contributed by atoms with van der Waals surface area (Å²) in [7, 11) is 1.65. The average Bonchev–Trinajstić information content (AvgIpc) is 2.77. The lowest BCUT2D eigenvalue weighted by molar-refractivity contribution is 0.414. The second kappa shape index (κ2) is 4.32. The van der Waals surface area contributed by atoms with Crippen molar-refractivity contribution in [2.45, 2.75) is 13.5 Å². The van der Waals surface area contributed by atoms with Crippen molar-refractivity contribution in [3.05, 3.63) is 35.7 Å². The third-order valence-electron chi connectivity index (χ3n) is 2.40. The van der Waals surface area contributed by atoms with E-state index in [0.717, 1.165) is 22.7 Å². The molecule has 0 aliphatic rings. The molecule has 0 spiro atoms. The van der Waals surface area contributed by atoms with E-state index < -0.39 is 0 Å². The first kappa shape index (κ1) is 10.6. The van der Waals surface area contributed by atoms with E-state index in [1.54, 1.807) is 11.8 Å². The Bertz CT molecular complexity index is 492. The SMILES string of the molecule is COc1ccc(-n2cc(CN)nn2)c(C)c1. The monoisotopic (exact) mass is 218 g/mol. The van der Waals surface area contributed by atoms with Crippen LogP contribution in [0.1, 0.15) is 11.3 Å². The van der Waals surface area contributed by atoms with E-state index in [1.165, 1.54) is 0 Å². The molecule has 2 aromatic rings. The van der Waals surface area contributed by atoms with E-state index in [1.807, 2.05) is 31.3 Å². The fourth-order valence-electron chi connectivity index (χ4n) is 1.52. The van der Waals surface area contributed by atoms with Crippen molar-refractivity contribution in [1.29, 1.82) is 0 Å². The van der Waals surface area contributed by atoms with E-state index in [-0.39, 0.29) is 0 Å². The smallest absolute Gasteiger partial charge is 0.119 e. The minimum absolute atomic E-state index is 0.398. The molecule has 0 unspecified atom stereocenters. The van der Waals surface area contributed by atoms with Crippen molar-refractivity contribution in [1.82, 2.24) is 15.0 Å². The molecule has 0 aliphatic carbocycles. The van der Waals surface area contributed by atoms with Crippen LogP contribution in [0.3, 0.4) is 0 Å². The number of nitrogens with zero attached hydrogens (tertiary/aromatic N) is 3. The Kier molecular flexibility index (Phi) is 2.87. The Morgan fingerprint density at radius 1 is 1.44 bits per heavy atom. The van der Waals surface area contributed by atoms with E-state index in [4.69, 9.17) is 10.5 Å². The van der Waals surface area contributed by atoms with Crippen molar-refractivity contribution in [3.63, 3.8) is 0 Å². The summed E-state index contributed by atoms with van der Waals surface area (Å²) < 4.78 is 6.87. The predicted molar refractivity (Wildman–Crippen MR) is 60.5 cm³/mol. The third-order valence-corrected chi connectivity index (χ3v) is 2.40. The molecular formula is C11H14N4O. The van der Waals surface area contributed by atoms with Crippen molar-refractivity contribution in [2.75, 3.05) is 7.11 Å². The Morgan fingerprint density at radius 3 is 2.81 bits per heavy atom. The van der Waals surface area contributed by atoms with Gasteiger partial charge in [0.15, 0.2) is 0 Å². The Labute approximate surface area is 93.8 Å². The van der Waals surface area contributed by atoms with Crippen LogP contribution in [0.5, 0.6) is 5.75 Å². The maximum Gasteiger partial charge on any atom is 0.119 e. The molecule has 1 aromatic heterocycles. The Hall–Kier alpha value is -1.88. The summed E-state index contributed by atoms with van der Waals surface area (Å²) in [6, 6.07) is 5.80. The fourth-order valence-corrected chi connectivity index (χ4v) is 1.52. The molecule has 2 N–H and O–H groups in total. The van der Waals surface area contributed by atoms with Gasteiger partial charge < -0.3 is 10.5 Å². The first-order valence-electron chi connectivity index (χ1n) is 5.01. The van der Waals surface area contributed by atoms with Gasteiger partial charge in [0.1, 0.15) is 5.75 Å². The molecule has 84 valence electrons. The normalized spacial score (nSPS) is 10.4. The third kappa shape index (κ3) is 1.90. The molecule has 5 nitrogen and oxygen atoms in total. The van der Waals surface area contributed by atoms with Gasteiger partial charge in [0, 0.05) is 6.54 Å². The van der Waals surface area contributed by atoms with Crippen LogP contribution < -0.4 is 10.5 Å². The number of benzene rings is 1. The first-order valence-corrected chi connectivity index (χ1v) is 5.01. The van der Waals surface area contributed by atoms with Crippen molar-refractivity contribution in [3.8, 4) is 11.4 Å². The number of ether oxygens (including phenoxy) is 1. The largest absolute Gasteiger partial charge is 0.497 e. The lowest BCUT2D eigenvalue weighted by atomic mass is 10.2. The maximum atomic E-state index is 5.49. The van der Waals surface area contributed by atoms with Crippen molar-refractivity contribution in [2.24, 2.45) is 5.73 Å². The van der Waals surface area contributed by atoms with Gasteiger partial charge in [0.2, 0.25) is 0 Å². The highest BCUT2D eigenvalue weighted by Crippen LogP contribution is 2.19. The molecule has 0 fully saturated rings. The van der Waals surface area contributed by atoms with Crippen molar-refractivity contribution >= 4 is 0 Å². The van der Waals surface area contributed by atoms with E-state index in [0.29, 0.717) is 6.54 Å². The minimum Gasteiger partial charge on any atom is -0.497 e. The molecule has 0 radical (unpaired) electrons. The van der Waals surface area contributed by atoms with E-state index in [9.17, 15) is 0 Å².